The Hall–Kier alpha value is -1.68. The van der Waals surface area contributed by atoms with E-state index in [1.54, 1.807) is 17.8 Å². The number of rotatable bonds is 4. The Bertz CT molecular complexity index is 572. The fourth-order valence-electron chi connectivity index (χ4n) is 1.53. The smallest absolute Gasteiger partial charge is 0.371 e. The molecule has 2 aromatic rings. The van der Waals surface area contributed by atoms with E-state index in [1.165, 1.54) is 17.2 Å². The first kappa shape index (κ1) is 12.8. The minimum atomic E-state index is -1.03. The van der Waals surface area contributed by atoms with Gasteiger partial charge in [0.2, 0.25) is 5.76 Å². The molecular formula is C14H14O3S. The van der Waals surface area contributed by atoms with Gasteiger partial charge in [0.25, 0.3) is 0 Å². The maximum Gasteiger partial charge on any atom is 0.371 e. The third-order valence-corrected chi connectivity index (χ3v) is 3.75. The van der Waals surface area contributed by atoms with Crippen LogP contribution in [0.15, 0.2) is 39.6 Å². The average molecular weight is 262 g/mol. The van der Waals surface area contributed by atoms with Crippen LogP contribution in [0.4, 0.5) is 0 Å². The van der Waals surface area contributed by atoms with Gasteiger partial charge in [0.1, 0.15) is 5.76 Å². The minimum Gasteiger partial charge on any atom is -0.475 e. The summed E-state index contributed by atoms with van der Waals surface area (Å²) in [5.74, 6) is 0.272. The first-order chi connectivity index (χ1) is 8.56. The van der Waals surface area contributed by atoms with Crippen LogP contribution in [0.1, 0.15) is 27.4 Å². The monoisotopic (exact) mass is 262 g/mol. The SMILES string of the molecule is Cc1ccc(SCc2ccc(C(=O)O)o2)cc1C. The normalized spacial score (nSPS) is 10.6. The number of aromatic carboxylic acids is 1. The molecular weight excluding hydrogens is 248 g/mol. The van der Waals surface area contributed by atoms with Crippen LogP contribution in [0.2, 0.25) is 0 Å². The summed E-state index contributed by atoms with van der Waals surface area (Å²) in [5, 5.41) is 8.75. The number of benzene rings is 1. The van der Waals surface area contributed by atoms with E-state index < -0.39 is 5.97 Å². The quantitative estimate of drug-likeness (QED) is 0.849. The Morgan fingerprint density at radius 3 is 2.61 bits per heavy atom. The number of thioether (sulfide) groups is 1. The van der Waals surface area contributed by atoms with Crippen LogP contribution in [-0.2, 0) is 5.75 Å². The van der Waals surface area contributed by atoms with Gasteiger partial charge in [-0.2, -0.15) is 0 Å². The molecule has 1 aromatic carbocycles. The van der Waals surface area contributed by atoms with Crippen LogP contribution < -0.4 is 0 Å². The summed E-state index contributed by atoms with van der Waals surface area (Å²) in [5.41, 5.74) is 2.52. The molecule has 1 N–H and O–H groups in total. The first-order valence-electron chi connectivity index (χ1n) is 5.58. The molecule has 3 nitrogen and oxygen atoms in total. The number of hydrogen-bond donors (Lipinski definition) is 1. The Labute approximate surface area is 110 Å². The standard InChI is InChI=1S/C14H14O3S/c1-9-3-5-12(7-10(9)2)18-8-11-4-6-13(17-11)14(15)16/h3-7H,8H2,1-2H3,(H,15,16). The highest BCUT2D eigenvalue weighted by molar-refractivity contribution is 7.98. The molecule has 0 spiro atoms. The molecule has 94 valence electrons. The number of aryl methyl sites for hydroxylation is 2. The lowest BCUT2D eigenvalue weighted by Gasteiger charge is -2.03. The molecule has 0 aliphatic rings. The van der Waals surface area contributed by atoms with E-state index in [2.05, 4.69) is 32.0 Å². The highest BCUT2D eigenvalue weighted by Crippen LogP contribution is 2.25. The van der Waals surface area contributed by atoms with Gasteiger partial charge in [-0.1, -0.05) is 6.07 Å². The highest BCUT2D eigenvalue weighted by Gasteiger charge is 2.09. The van der Waals surface area contributed by atoms with Crippen LogP contribution in [-0.4, -0.2) is 11.1 Å². The second kappa shape index (κ2) is 5.31. The number of hydrogen-bond acceptors (Lipinski definition) is 3. The van der Waals surface area contributed by atoms with Gasteiger partial charge >= 0.3 is 5.97 Å². The molecule has 0 aliphatic heterocycles. The molecule has 0 atom stereocenters. The number of furan rings is 1. The molecule has 0 aliphatic carbocycles. The summed E-state index contributed by atoms with van der Waals surface area (Å²) in [7, 11) is 0. The second-order valence-corrected chi connectivity index (χ2v) is 5.15. The molecule has 0 radical (unpaired) electrons. The van der Waals surface area contributed by atoms with Crippen molar-refractivity contribution in [2.45, 2.75) is 24.5 Å². The van der Waals surface area contributed by atoms with E-state index in [1.807, 2.05) is 0 Å². The highest BCUT2D eigenvalue weighted by atomic mass is 32.2. The molecule has 0 unspecified atom stereocenters. The van der Waals surface area contributed by atoms with Crippen LogP contribution in [0, 0.1) is 13.8 Å². The maximum absolute atomic E-state index is 10.7. The lowest BCUT2D eigenvalue weighted by Crippen LogP contribution is -1.91. The third-order valence-electron chi connectivity index (χ3n) is 2.73. The Morgan fingerprint density at radius 1 is 1.22 bits per heavy atom. The molecule has 0 bridgehead atoms. The van der Waals surface area contributed by atoms with E-state index in [9.17, 15) is 4.79 Å². The van der Waals surface area contributed by atoms with Crippen molar-refractivity contribution >= 4 is 17.7 Å². The molecule has 1 heterocycles. The zero-order valence-corrected chi connectivity index (χ0v) is 11.1. The zero-order valence-electron chi connectivity index (χ0n) is 10.3. The lowest BCUT2D eigenvalue weighted by molar-refractivity contribution is 0.0661. The van der Waals surface area contributed by atoms with Crippen LogP contribution >= 0.6 is 11.8 Å². The molecule has 18 heavy (non-hydrogen) atoms. The van der Waals surface area contributed by atoms with Crippen molar-refractivity contribution in [3.63, 3.8) is 0 Å². The van der Waals surface area contributed by atoms with Crippen molar-refractivity contribution in [1.29, 1.82) is 0 Å². The fourth-order valence-corrected chi connectivity index (χ4v) is 2.42. The topological polar surface area (TPSA) is 50.4 Å². The van der Waals surface area contributed by atoms with Crippen molar-refractivity contribution in [3.05, 3.63) is 53.0 Å². The average Bonchev–Trinajstić information content (AvgIpc) is 2.79. The number of carbonyl (C=O) groups is 1. The van der Waals surface area contributed by atoms with Crippen molar-refractivity contribution in [2.75, 3.05) is 0 Å². The maximum atomic E-state index is 10.7. The van der Waals surface area contributed by atoms with Gasteiger partial charge in [-0.15, -0.1) is 11.8 Å². The Morgan fingerprint density at radius 2 is 2.00 bits per heavy atom. The van der Waals surface area contributed by atoms with Gasteiger partial charge in [-0.25, -0.2) is 4.79 Å². The molecule has 4 heteroatoms. The van der Waals surface area contributed by atoms with Gasteiger partial charge in [0.15, 0.2) is 0 Å². The van der Waals surface area contributed by atoms with Crippen molar-refractivity contribution in [2.24, 2.45) is 0 Å². The summed E-state index contributed by atoms with van der Waals surface area (Å²) in [4.78, 5) is 11.8. The summed E-state index contributed by atoms with van der Waals surface area (Å²) < 4.78 is 5.20. The number of carboxylic acid groups (broad SMARTS) is 1. The molecule has 0 saturated carbocycles. The van der Waals surface area contributed by atoms with Crippen LogP contribution in [0.5, 0.6) is 0 Å². The van der Waals surface area contributed by atoms with Crippen LogP contribution in [0.25, 0.3) is 0 Å². The summed E-state index contributed by atoms with van der Waals surface area (Å²) in [6, 6.07) is 9.47. The van der Waals surface area contributed by atoms with Crippen molar-refractivity contribution in [1.82, 2.24) is 0 Å². The Kier molecular flexibility index (Phi) is 3.77. The molecule has 1 aromatic heterocycles. The third kappa shape index (κ3) is 2.96. The molecule has 0 saturated heterocycles. The predicted molar refractivity (Wildman–Crippen MR) is 71.1 cm³/mol. The largest absolute Gasteiger partial charge is 0.475 e. The molecule has 0 amide bonds. The van der Waals surface area contributed by atoms with Gasteiger partial charge in [0.05, 0.1) is 5.75 Å². The summed E-state index contributed by atoms with van der Waals surface area (Å²) >= 11 is 1.63. The van der Waals surface area contributed by atoms with E-state index in [-0.39, 0.29) is 5.76 Å². The van der Waals surface area contributed by atoms with Crippen LogP contribution in [0.3, 0.4) is 0 Å². The second-order valence-electron chi connectivity index (χ2n) is 4.11. The van der Waals surface area contributed by atoms with Gasteiger partial charge in [0, 0.05) is 4.90 Å². The van der Waals surface area contributed by atoms with Gasteiger partial charge < -0.3 is 9.52 Å². The summed E-state index contributed by atoms with van der Waals surface area (Å²) in [6.07, 6.45) is 0. The molecule has 2 rings (SSSR count). The van der Waals surface area contributed by atoms with E-state index in [0.717, 1.165) is 4.90 Å². The predicted octanol–water partition coefficient (Wildman–Crippen LogP) is 3.89. The fraction of sp³-hybridized carbons (Fsp3) is 0.214. The Balaban J connectivity index is 2.02. The number of carboxylic acids is 1. The summed E-state index contributed by atoms with van der Waals surface area (Å²) in [6.45, 7) is 4.16. The van der Waals surface area contributed by atoms with Gasteiger partial charge in [-0.3, -0.25) is 0 Å². The van der Waals surface area contributed by atoms with Gasteiger partial charge in [-0.05, 0) is 49.2 Å². The first-order valence-corrected chi connectivity index (χ1v) is 6.57. The lowest BCUT2D eigenvalue weighted by atomic mass is 10.1. The van der Waals surface area contributed by atoms with Crippen molar-refractivity contribution in [3.8, 4) is 0 Å². The van der Waals surface area contributed by atoms with E-state index in [4.69, 9.17) is 9.52 Å². The van der Waals surface area contributed by atoms with E-state index in [0.29, 0.717) is 11.5 Å². The molecule has 0 fully saturated rings. The van der Waals surface area contributed by atoms with Crippen molar-refractivity contribution < 1.29 is 14.3 Å². The zero-order chi connectivity index (χ0) is 13.1. The minimum absolute atomic E-state index is 0.00862. The van der Waals surface area contributed by atoms with E-state index >= 15 is 0 Å².